The molecule has 10 heteroatoms. The molecule has 0 aliphatic heterocycles. The highest BCUT2D eigenvalue weighted by Crippen LogP contribution is 2.41. The highest BCUT2D eigenvalue weighted by atomic mass is 19.4. The fourth-order valence-corrected chi connectivity index (χ4v) is 3.47. The molecule has 1 amide bonds. The average molecular weight is 440 g/mol. The molecule has 5 rings (SSSR count). The van der Waals surface area contributed by atoms with Crippen LogP contribution in [0.3, 0.4) is 0 Å². The van der Waals surface area contributed by atoms with Crippen molar-refractivity contribution in [2.45, 2.75) is 38.4 Å². The maximum atomic E-state index is 13.5. The number of hydrogen-bond donors (Lipinski definition) is 1. The molecule has 164 valence electrons. The molecule has 0 spiro atoms. The molecular weight excluding hydrogens is 421 g/mol. The highest BCUT2D eigenvalue weighted by Gasteiger charge is 2.37. The number of nitrogens with one attached hydrogen (secondary N) is 1. The smallest absolute Gasteiger partial charge is 0.304 e. The van der Waals surface area contributed by atoms with E-state index in [1.165, 1.54) is 6.07 Å². The Balaban J connectivity index is 1.37. The molecule has 1 saturated carbocycles. The topological polar surface area (TPSA) is 77.1 Å². The molecule has 0 unspecified atom stereocenters. The molecule has 1 fully saturated rings. The van der Waals surface area contributed by atoms with E-state index >= 15 is 0 Å². The molecule has 1 aliphatic rings. The van der Waals surface area contributed by atoms with E-state index in [4.69, 9.17) is 0 Å². The first kappa shape index (κ1) is 20.2. The molecule has 1 aromatic carbocycles. The van der Waals surface area contributed by atoms with Crippen molar-refractivity contribution in [1.29, 1.82) is 0 Å². The lowest BCUT2D eigenvalue weighted by atomic mass is 10.1. The second kappa shape index (κ2) is 7.47. The summed E-state index contributed by atoms with van der Waals surface area (Å²) in [5.74, 6) is -0.343. The second-order valence-electron chi connectivity index (χ2n) is 7.98. The number of nitrogens with zero attached hydrogens (tertiary/aromatic N) is 5. The summed E-state index contributed by atoms with van der Waals surface area (Å²) in [7, 11) is 0. The summed E-state index contributed by atoms with van der Waals surface area (Å²) >= 11 is 0. The van der Waals surface area contributed by atoms with Crippen molar-refractivity contribution in [2.24, 2.45) is 0 Å². The van der Waals surface area contributed by atoms with Crippen LogP contribution in [0.4, 0.5) is 19.0 Å². The molecule has 7 nitrogen and oxygen atoms in total. The van der Waals surface area contributed by atoms with Gasteiger partial charge in [0.15, 0.2) is 17.2 Å². The molecule has 0 bridgehead atoms. The Morgan fingerprint density at radius 1 is 1.12 bits per heavy atom. The van der Waals surface area contributed by atoms with E-state index in [0.29, 0.717) is 16.8 Å². The third-order valence-corrected chi connectivity index (χ3v) is 5.31. The molecule has 3 heterocycles. The van der Waals surface area contributed by atoms with Crippen molar-refractivity contribution in [3.63, 3.8) is 0 Å². The Labute approximate surface area is 180 Å². The quantitative estimate of drug-likeness (QED) is 0.498. The Kier molecular flexibility index (Phi) is 4.72. The fourth-order valence-electron chi connectivity index (χ4n) is 3.47. The van der Waals surface area contributed by atoms with Gasteiger partial charge < -0.3 is 5.32 Å². The summed E-state index contributed by atoms with van der Waals surface area (Å²) in [5.41, 5.74) is 1.48. The second-order valence-corrected chi connectivity index (χ2v) is 7.98. The number of carbonyl (C=O) groups excluding carboxylic acids is 1. The molecule has 1 aliphatic carbocycles. The van der Waals surface area contributed by atoms with Gasteiger partial charge in [-0.2, -0.15) is 23.4 Å². The fraction of sp³-hybridized carbons (Fsp3) is 0.273. The minimum absolute atomic E-state index is 0.00299. The predicted molar refractivity (Wildman–Crippen MR) is 110 cm³/mol. The first-order valence-corrected chi connectivity index (χ1v) is 10.1. The van der Waals surface area contributed by atoms with Crippen LogP contribution < -0.4 is 5.32 Å². The third kappa shape index (κ3) is 4.08. The van der Waals surface area contributed by atoms with E-state index < -0.39 is 17.8 Å². The van der Waals surface area contributed by atoms with Gasteiger partial charge in [0.05, 0.1) is 6.54 Å². The van der Waals surface area contributed by atoms with Gasteiger partial charge in [-0.15, -0.1) is 0 Å². The van der Waals surface area contributed by atoms with E-state index in [9.17, 15) is 18.0 Å². The van der Waals surface area contributed by atoms with E-state index in [2.05, 4.69) is 20.5 Å². The number of benzene rings is 1. The normalized spacial score (nSPS) is 14.1. The lowest BCUT2D eigenvalue weighted by molar-refractivity contribution is -0.142. The van der Waals surface area contributed by atoms with E-state index in [0.717, 1.165) is 30.0 Å². The number of anilines is 1. The van der Waals surface area contributed by atoms with Crippen LogP contribution in [0.15, 0.2) is 48.7 Å². The van der Waals surface area contributed by atoms with Crippen LogP contribution in [-0.2, 0) is 12.7 Å². The number of amides is 1. The first-order chi connectivity index (χ1) is 15.3. The predicted octanol–water partition coefficient (Wildman–Crippen LogP) is 4.43. The van der Waals surface area contributed by atoms with Crippen LogP contribution in [0.1, 0.15) is 51.8 Å². The molecule has 32 heavy (non-hydrogen) atoms. The van der Waals surface area contributed by atoms with E-state index in [-0.39, 0.29) is 23.1 Å². The van der Waals surface area contributed by atoms with Crippen LogP contribution in [0.25, 0.3) is 5.65 Å². The van der Waals surface area contributed by atoms with Gasteiger partial charge >= 0.3 is 6.18 Å². The summed E-state index contributed by atoms with van der Waals surface area (Å²) in [6, 6.07) is 11.9. The summed E-state index contributed by atoms with van der Waals surface area (Å²) < 4.78 is 43.0. The van der Waals surface area contributed by atoms with Gasteiger partial charge in [-0.1, -0.05) is 29.8 Å². The van der Waals surface area contributed by atoms with Crippen molar-refractivity contribution < 1.29 is 18.0 Å². The number of hydrogen-bond acceptors (Lipinski definition) is 4. The zero-order chi connectivity index (χ0) is 22.5. The van der Waals surface area contributed by atoms with E-state index in [1.54, 1.807) is 16.9 Å². The minimum atomic E-state index is -4.61. The summed E-state index contributed by atoms with van der Waals surface area (Å²) in [4.78, 5) is 16.9. The van der Waals surface area contributed by atoms with Crippen molar-refractivity contribution >= 4 is 17.4 Å². The highest BCUT2D eigenvalue weighted by molar-refractivity contribution is 6.02. The van der Waals surface area contributed by atoms with Gasteiger partial charge in [0.1, 0.15) is 5.69 Å². The lowest BCUT2D eigenvalue weighted by Crippen LogP contribution is -2.16. The maximum Gasteiger partial charge on any atom is 0.433 e. The average Bonchev–Trinajstić information content (AvgIpc) is 3.35. The van der Waals surface area contributed by atoms with Gasteiger partial charge in [0.25, 0.3) is 5.91 Å². The molecule has 0 atom stereocenters. The number of aromatic nitrogens is 5. The Hall–Kier alpha value is -3.69. The summed E-state index contributed by atoms with van der Waals surface area (Å²) in [6.45, 7) is 2.53. The van der Waals surface area contributed by atoms with Crippen molar-refractivity contribution in [3.8, 4) is 0 Å². The van der Waals surface area contributed by atoms with E-state index in [1.807, 2.05) is 31.2 Å². The molecule has 0 radical (unpaired) electrons. The first-order valence-electron chi connectivity index (χ1n) is 10.1. The third-order valence-electron chi connectivity index (χ3n) is 5.31. The number of aryl methyl sites for hydroxylation is 1. The standard InChI is InChI=1S/C22H19F3N6O/c1-13-2-4-14(5-3-13)12-30-9-8-19(29-30)27-21(32)17-11-20-26-16(15-6-7-15)10-18(22(23,24)25)31(20)28-17/h2-5,8-11,15H,6-7,12H2,1H3,(H,27,29,32). The monoisotopic (exact) mass is 440 g/mol. The summed E-state index contributed by atoms with van der Waals surface area (Å²) in [6.07, 6.45) is -1.27. The minimum Gasteiger partial charge on any atom is -0.304 e. The van der Waals surface area contributed by atoms with Crippen molar-refractivity contribution in [3.05, 3.63) is 76.9 Å². The lowest BCUT2D eigenvalue weighted by Gasteiger charge is -2.10. The van der Waals surface area contributed by atoms with Gasteiger partial charge in [0, 0.05) is 29.9 Å². The van der Waals surface area contributed by atoms with Gasteiger partial charge in [-0.25, -0.2) is 9.50 Å². The number of alkyl halides is 3. The van der Waals surface area contributed by atoms with Crippen molar-refractivity contribution in [1.82, 2.24) is 24.4 Å². The number of carbonyl (C=O) groups is 1. The molecule has 3 aromatic heterocycles. The van der Waals surface area contributed by atoms with Crippen LogP contribution >= 0.6 is 0 Å². The van der Waals surface area contributed by atoms with Gasteiger partial charge in [-0.3, -0.25) is 9.48 Å². The number of fused-ring (bicyclic) bond motifs is 1. The SMILES string of the molecule is Cc1ccc(Cn2ccc(NC(=O)c3cc4nc(C5CC5)cc(C(F)(F)F)n4n3)n2)cc1. The molecular formula is C22H19F3N6O. The Morgan fingerprint density at radius 3 is 2.56 bits per heavy atom. The number of rotatable bonds is 5. The Bertz CT molecular complexity index is 1300. The largest absolute Gasteiger partial charge is 0.433 e. The van der Waals surface area contributed by atoms with Gasteiger partial charge in [0.2, 0.25) is 0 Å². The molecule has 4 aromatic rings. The van der Waals surface area contributed by atoms with Crippen LogP contribution in [-0.4, -0.2) is 30.3 Å². The van der Waals surface area contributed by atoms with Gasteiger partial charge in [-0.05, 0) is 31.4 Å². The zero-order valence-corrected chi connectivity index (χ0v) is 17.1. The maximum absolute atomic E-state index is 13.5. The zero-order valence-electron chi connectivity index (χ0n) is 17.1. The van der Waals surface area contributed by atoms with Crippen LogP contribution in [0.2, 0.25) is 0 Å². The molecule has 1 N–H and O–H groups in total. The summed E-state index contributed by atoms with van der Waals surface area (Å²) in [5, 5.41) is 10.8. The van der Waals surface area contributed by atoms with Crippen LogP contribution in [0, 0.1) is 6.92 Å². The Morgan fingerprint density at radius 2 is 1.88 bits per heavy atom. The van der Waals surface area contributed by atoms with Crippen molar-refractivity contribution in [2.75, 3.05) is 5.32 Å². The van der Waals surface area contributed by atoms with Crippen LogP contribution in [0.5, 0.6) is 0 Å². The number of halogens is 3. The molecule has 0 saturated heterocycles.